The fraction of sp³-hybridized carbons (Fsp3) is 0.0714. The van der Waals surface area contributed by atoms with Crippen LogP contribution in [0.2, 0.25) is 5.02 Å². The molecule has 2 aromatic carbocycles. The first-order chi connectivity index (χ1) is 9.88. The number of anilines is 1. The Hall–Kier alpha value is -1.11. The fourth-order valence-electron chi connectivity index (χ4n) is 1.79. The van der Waals surface area contributed by atoms with Crippen LogP contribution in [0.15, 0.2) is 45.3 Å². The summed E-state index contributed by atoms with van der Waals surface area (Å²) in [4.78, 5) is 11.7. The molecule has 2 rings (SSSR count). The molecule has 1 unspecified atom stereocenters. The summed E-state index contributed by atoms with van der Waals surface area (Å²) in [7, 11) is 0. The van der Waals surface area contributed by atoms with Crippen molar-refractivity contribution in [1.29, 1.82) is 0 Å². The third-order valence-corrected chi connectivity index (χ3v) is 4.72. The number of halogens is 4. The molecule has 0 aliphatic rings. The Bertz CT molecular complexity index is 697. The Morgan fingerprint density at radius 1 is 1.19 bits per heavy atom. The second-order valence-corrected chi connectivity index (χ2v) is 6.39. The summed E-state index contributed by atoms with van der Waals surface area (Å²) < 4.78 is 14.7. The van der Waals surface area contributed by atoms with Crippen molar-refractivity contribution in [3.8, 4) is 0 Å². The number of nitrogens with one attached hydrogen (secondary N) is 1. The van der Waals surface area contributed by atoms with Gasteiger partial charge in [-0.05, 0) is 52.3 Å². The molecule has 0 aliphatic heterocycles. The van der Waals surface area contributed by atoms with Gasteiger partial charge < -0.3 is 11.1 Å². The van der Waals surface area contributed by atoms with E-state index in [2.05, 4.69) is 37.2 Å². The first kappa shape index (κ1) is 16.3. The van der Waals surface area contributed by atoms with Crippen molar-refractivity contribution in [2.24, 2.45) is 5.73 Å². The van der Waals surface area contributed by atoms with Gasteiger partial charge in [-0.3, -0.25) is 4.79 Å². The van der Waals surface area contributed by atoms with Gasteiger partial charge in [-0.15, -0.1) is 0 Å². The van der Waals surface area contributed by atoms with Crippen LogP contribution in [-0.4, -0.2) is 5.91 Å². The molecule has 3 N–H and O–H groups in total. The highest BCUT2D eigenvalue weighted by Crippen LogP contribution is 2.30. The Balaban J connectivity index is 2.37. The lowest BCUT2D eigenvalue weighted by molar-refractivity contribution is -0.118. The molecule has 21 heavy (non-hydrogen) atoms. The van der Waals surface area contributed by atoms with Crippen LogP contribution in [0.4, 0.5) is 10.1 Å². The van der Waals surface area contributed by atoms with E-state index in [0.717, 1.165) is 0 Å². The summed E-state index contributed by atoms with van der Waals surface area (Å²) in [6.07, 6.45) is 0. The topological polar surface area (TPSA) is 55.1 Å². The van der Waals surface area contributed by atoms with Crippen molar-refractivity contribution in [3.63, 3.8) is 0 Å². The molecular weight excluding hydrogens is 426 g/mol. The molecule has 2 aromatic rings. The van der Waals surface area contributed by atoms with Crippen LogP contribution in [-0.2, 0) is 4.79 Å². The van der Waals surface area contributed by atoms with Crippen LogP contribution in [0, 0.1) is 5.82 Å². The number of carbonyl (C=O) groups excluding carboxylic acids is 1. The van der Waals surface area contributed by atoms with Crippen LogP contribution >= 0.6 is 43.5 Å². The zero-order valence-electron chi connectivity index (χ0n) is 10.5. The van der Waals surface area contributed by atoms with Crippen LogP contribution in [0.1, 0.15) is 11.6 Å². The molecular formula is C14H10Br2ClFN2O. The zero-order valence-corrected chi connectivity index (χ0v) is 14.5. The van der Waals surface area contributed by atoms with E-state index in [4.69, 9.17) is 17.3 Å². The lowest BCUT2D eigenvalue weighted by Gasteiger charge is -2.19. The molecule has 0 saturated carbocycles. The minimum atomic E-state index is -0.872. The Labute approximate surface area is 142 Å². The van der Waals surface area contributed by atoms with Gasteiger partial charge >= 0.3 is 0 Å². The van der Waals surface area contributed by atoms with Gasteiger partial charge in [-0.1, -0.05) is 27.5 Å². The second kappa shape index (κ2) is 6.77. The molecule has 1 amide bonds. The van der Waals surface area contributed by atoms with E-state index in [-0.39, 0.29) is 0 Å². The van der Waals surface area contributed by atoms with Crippen molar-refractivity contribution in [2.45, 2.75) is 6.04 Å². The number of rotatable bonds is 4. The molecule has 7 heteroatoms. The molecule has 0 heterocycles. The molecule has 0 saturated heterocycles. The summed E-state index contributed by atoms with van der Waals surface area (Å²) in [5.74, 6) is -1.06. The van der Waals surface area contributed by atoms with Gasteiger partial charge in [0.2, 0.25) is 5.91 Å². The fourth-order valence-corrected chi connectivity index (χ4v) is 2.76. The highest BCUT2D eigenvalue weighted by Gasteiger charge is 2.21. The minimum absolute atomic E-state index is 0.425. The Morgan fingerprint density at radius 3 is 2.52 bits per heavy atom. The van der Waals surface area contributed by atoms with Crippen LogP contribution in [0.3, 0.4) is 0 Å². The van der Waals surface area contributed by atoms with Crippen LogP contribution in [0.5, 0.6) is 0 Å². The summed E-state index contributed by atoms with van der Waals surface area (Å²) in [5, 5.41) is 3.52. The molecule has 0 radical (unpaired) electrons. The van der Waals surface area contributed by atoms with Crippen molar-refractivity contribution in [2.75, 3.05) is 5.32 Å². The number of benzene rings is 2. The van der Waals surface area contributed by atoms with Gasteiger partial charge in [0.05, 0.1) is 5.02 Å². The molecule has 3 nitrogen and oxygen atoms in total. The van der Waals surface area contributed by atoms with E-state index in [9.17, 15) is 9.18 Å². The standard InChI is InChI=1S/C14H10Br2ClFN2O/c15-10-3-1-7(18)5-9(10)13(14(19)21)20-8-2-4-12(17)11(16)6-8/h1-6,13,20H,(H2,19,21). The molecule has 0 spiro atoms. The minimum Gasteiger partial charge on any atom is -0.370 e. The third-order valence-electron chi connectivity index (χ3n) is 2.78. The first-order valence-electron chi connectivity index (χ1n) is 5.84. The summed E-state index contributed by atoms with van der Waals surface area (Å²) in [6.45, 7) is 0. The molecule has 0 aromatic heterocycles. The van der Waals surface area contributed by atoms with Gasteiger partial charge in [0.15, 0.2) is 0 Å². The maximum atomic E-state index is 13.4. The quantitative estimate of drug-likeness (QED) is 0.734. The summed E-state index contributed by atoms with van der Waals surface area (Å²) >= 11 is 12.5. The smallest absolute Gasteiger partial charge is 0.244 e. The van der Waals surface area contributed by atoms with Crippen molar-refractivity contribution in [3.05, 3.63) is 61.7 Å². The Kier molecular flexibility index (Phi) is 5.24. The van der Waals surface area contributed by atoms with Gasteiger partial charge in [-0.2, -0.15) is 0 Å². The number of carbonyl (C=O) groups is 1. The second-order valence-electron chi connectivity index (χ2n) is 4.27. The zero-order chi connectivity index (χ0) is 15.6. The number of amides is 1. The molecule has 110 valence electrons. The van der Waals surface area contributed by atoms with Crippen molar-refractivity contribution >= 4 is 55.1 Å². The molecule has 0 bridgehead atoms. The van der Waals surface area contributed by atoms with Crippen molar-refractivity contribution in [1.82, 2.24) is 0 Å². The van der Waals surface area contributed by atoms with E-state index in [1.54, 1.807) is 18.2 Å². The first-order valence-corrected chi connectivity index (χ1v) is 7.80. The number of primary amides is 1. The maximum absolute atomic E-state index is 13.4. The predicted molar refractivity (Wildman–Crippen MR) is 88.8 cm³/mol. The molecule has 0 fully saturated rings. The largest absolute Gasteiger partial charge is 0.370 e. The van der Waals surface area contributed by atoms with E-state index in [1.165, 1.54) is 18.2 Å². The maximum Gasteiger partial charge on any atom is 0.244 e. The summed E-state index contributed by atoms with van der Waals surface area (Å²) in [6, 6.07) is 8.30. The summed E-state index contributed by atoms with van der Waals surface area (Å²) in [5.41, 5.74) is 6.48. The van der Waals surface area contributed by atoms with Crippen LogP contribution < -0.4 is 11.1 Å². The molecule has 1 atom stereocenters. The lowest BCUT2D eigenvalue weighted by Crippen LogP contribution is -2.28. The van der Waals surface area contributed by atoms with Gasteiger partial charge in [0, 0.05) is 20.2 Å². The normalized spacial score (nSPS) is 12.0. The Morgan fingerprint density at radius 2 is 1.90 bits per heavy atom. The van der Waals surface area contributed by atoms with E-state index < -0.39 is 17.8 Å². The molecule has 0 aliphatic carbocycles. The SMILES string of the molecule is NC(=O)C(Nc1ccc(Cl)c(Br)c1)c1cc(F)ccc1Br. The lowest BCUT2D eigenvalue weighted by atomic mass is 10.1. The van der Waals surface area contributed by atoms with Crippen LogP contribution in [0.25, 0.3) is 0 Å². The third kappa shape index (κ3) is 3.96. The average Bonchev–Trinajstić information content (AvgIpc) is 2.42. The van der Waals surface area contributed by atoms with E-state index in [1.807, 2.05) is 0 Å². The van der Waals surface area contributed by atoms with Crippen molar-refractivity contribution < 1.29 is 9.18 Å². The predicted octanol–water partition coefficient (Wildman–Crippen LogP) is 4.64. The number of hydrogen-bond donors (Lipinski definition) is 2. The van der Waals surface area contributed by atoms with E-state index >= 15 is 0 Å². The van der Waals surface area contributed by atoms with E-state index in [0.29, 0.717) is 25.2 Å². The number of hydrogen-bond acceptors (Lipinski definition) is 2. The monoisotopic (exact) mass is 434 g/mol. The highest BCUT2D eigenvalue weighted by atomic mass is 79.9. The van der Waals surface area contributed by atoms with Gasteiger partial charge in [0.25, 0.3) is 0 Å². The van der Waals surface area contributed by atoms with Gasteiger partial charge in [0.1, 0.15) is 11.9 Å². The van der Waals surface area contributed by atoms with Gasteiger partial charge in [-0.25, -0.2) is 4.39 Å². The number of nitrogens with two attached hydrogens (primary N) is 1. The average molecular weight is 437 g/mol. The highest BCUT2D eigenvalue weighted by molar-refractivity contribution is 9.10.